The molecular formula is C13H18NO3S+. The third kappa shape index (κ3) is 1.69. The molecule has 2 rings (SSSR count). The molecule has 5 heteroatoms. The second-order valence-electron chi connectivity index (χ2n) is 5.12. The van der Waals surface area contributed by atoms with Gasteiger partial charge in [0.2, 0.25) is 5.69 Å². The van der Waals surface area contributed by atoms with Crippen molar-refractivity contribution in [1.29, 1.82) is 0 Å². The van der Waals surface area contributed by atoms with Gasteiger partial charge in [0.05, 0.1) is 5.41 Å². The molecule has 0 amide bonds. The molecule has 1 aliphatic rings. The second kappa shape index (κ2) is 3.90. The first-order valence-corrected chi connectivity index (χ1v) is 7.37. The first-order valence-electron chi connectivity index (χ1n) is 5.93. The van der Waals surface area contributed by atoms with E-state index in [0.29, 0.717) is 6.54 Å². The summed E-state index contributed by atoms with van der Waals surface area (Å²) in [6.45, 7) is 8.00. The lowest BCUT2D eigenvalue weighted by Crippen LogP contribution is -2.36. The molecule has 0 aliphatic carbocycles. The number of benzene rings is 1. The van der Waals surface area contributed by atoms with E-state index in [2.05, 4.69) is 0 Å². The normalized spacial score (nSPS) is 18.1. The Hall–Kier alpha value is -1.20. The molecule has 0 fully saturated rings. The second-order valence-corrected chi connectivity index (χ2v) is 6.46. The standard InChI is InChI=1S/C13H17NO3S/c1-5-14-10-8-6-7-9(2)11(10)13(3,4)12(14)18(15,16)17/h6-8H,5H2,1-4H3/p+1. The van der Waals surface area contributed by atoms with Gasteiger partial charge < -0.3 is 0 Å². The molecule has 0 saturated carbocycles. The molecule has 4 nitrogen and oxygen atoms in total. The summed E-state index contributed by atoms with van der Waals surface area (Å²) in [5, 5.41) is 0.0711. The molecule has 1 aromatic rings. The summed E-state index contributed by atoms with van der Waals surface area (Å²) in [5.41, 5.74) is 2.17. The van der Waals surface area contributed by atoms with Crippen molar-refractivity contribution in [3.8, 4) is 0 Å². The van der Waals surface area contributed by atoms with Crippen molar-refractivity contribution in [2.75, 3.05) is 6.54 Å². The average Bonchev–Trinajstić information content (AvgIpc) is 2.46. The number of rotatable bonds is 1. The molecule has 18 heavy (non-hydrogen) atoms. The number of nitrogens with zero attached hydrogens (tertiary/aromatic N) is 1. The van der Waals surface area contributed by atoms with E-state index in [1.807, 2.05) is 45.9 Å². The molecular weight excluding hydrogens is 250 g/mol. The van der Waals surface area contributed by atoms with Crippen molar-refractivity contribution >= 4 is 20.8 Å². The predicted molar refractivity (Wildman–Crippen MR) is 71.2 cm³/mol. The summed E-state index contributed by atoms with van der Waals surface area (Å²) < 4.78 is 34.5. The molecule has 0 radical (unpaired) electrons. The van der Waals surface area contributed by atoms with Gasteiger partial charge in [0, 0.05) is 11.6 Å². The largest absolute Gasteiger partial charge is 0.352 e. The van der Waals surface area contributed by atoms with E-state index in [4.69, 9.17) is 0 Å². The van der Waals surface area contributed by atoms with Crippen LogP contribution >= 0.6 is 0 Å². The lowest BCUT2D eigenvalue weighted by molar-refractivity contribution is -0.431. The minimum atomic E-state index is -4.21. The van der Waals surface area contributed by atoms with Crippen LogP contribution in [0.2, 0.25) is 0 Å². The summed E-state index contributed by atoms with van der Waals surface area (Å²) in [4.78, 5) is 0. The van der Waals surface area contributed by atoms with Crippen LogP contribution in [0.4, 0.5) is 5.69 Å². The first kappa shape index (κ1) is 13.2. The average molecular weight is 268 g/mol. The minimum absolute atomic E-state index is 0.0711. The highest BCUT2D eigenvalue weighted by Crippen LogP contribution is 2.42. The van der Waals surface area contributed by atoms with Gasteiger partial charge in [-0.15, -0.1) is 0 Å². The van der Waals surface area contributed by atoms with Gasteiger partial charge in [-0.3, -0.25) is 4.55 Å². The van der Waals surface area contributed by atoms with Crippen LogP contribution in [0.15, 0.2) is 18.2 Å². The smallest absolute Gasteiger partial charge is 0.278 e. The van der Waals surface area contributed by atoms with Crippen molar-refractivity contribution in [1.82, 2.24) is 0 Å². The lowest BCUT2D eigenvalue weighted by atomic mass is 9.84. The zero-order chi connectivity index (χ0) is 13.7. The third-order valence-corrected chi connectivity index (χ3v) is 4.73. The van der Waals surface area contributed by atoms with E-state index in [1.165, 1.54) is 0 Å². The van der Waals surface area contributed by atoms with Crippen molar-refractivity contribution in [3.63, 3.8) is 0 Å². The van der Waals surface area contributed by atoms with Crippen LogP contribution < -0.4 is 0 Å². The lowest BCUT2D eigenvalue weighted by Gasteiger charge is -2.17. The Morgan fingerprint density at radius 1 is 1.33 bits per heavy atom. The molecule has 1 aromatic carbocycles. The Balaban J connectivity index is 2.89. The van der Waals surface area contributed by atoms with Crippen LogP contribution in [-0.4, -0.2) is 29.1 Å². The Kier molecular flexibility index (Phi) is 2.87. The molecule has 0 unspecified atom stereocenters. The van der Waals surface area contributed by atoms with Crippen molar-refractivity contribution < 1.29 is 17.5 Å². The molecule has 0 saturated heterocycles. The van der Waals surface area contributed by atoms with E-state index in [9.17, 15) is 13.0 Å². The number of aryl methyl sites for hydroxylation is 1. The van der Waals surface area contributed by atoms with Gasteiger partial charge in [0.25, 0.3) is 0 Å². The predicted octanol–water partition coefficient (Wildman–Crippen LogP) is 2.24. The van der Waals surface area contributed by atoms with Gasteiger partial charge in [-0.05, 0) is 33.3 Å². The minimum Gasteiger partial charge on any atom is -0.278 e. The van der Waals surface area contributed by atoms with E-state index >= 15 is 0 Å². The fraction of sp³-hybridized carbons (Fsp3) is 0.462. The number of hydrogen-bond acceptors (Lipinski definition) is 2. The molecule has 0 bridgehead atoms. The van der Waals surface area contributed by atoms with Crippen LogP contribution in [0.25, 0.3) is 0 Å². The van der Waals surface area contributed by atoms with Gasteiger partial charge in [-0.25, -0.2) is 0 Å². The van der Waals surface area contributed by atoms with Gasteiger partial charge >= 0.3 is 15.2 Å². The molecule has 1 heterocycles. The van der Waals surface area contributed by atoms with Crippen LogP contribution in [0.3, 0.4) is 0 Å². The van der Waals surface area contributed by atoms with Gasteiger partial charge in [-0.1, -0.05) is 12.1 Å². The Morgan fingerprint density at radius 2 is 1.94 bits per heavy atom. The van der Waals surface area contributed by atoms with Crippen LogP contribution in [0.5, 0.6) is 0 Å². The van der Waals surface area contributed by atoms with Crippen molar-refractivity contribution in [3.05, 3.63) is 29.3 Å². The van der Waals surface area contributed by atoms with E-state index in [-0.39, 0.29) is 5.04 Å². The monoisotopic (exact) mass is 268 g/mol. The molecule has 98 valence electrons. The maximum Gasteiger partial charge on any atom is 0.352 e. The van der Waals surface area contributed by atoms with Crippen LogP contribution in [0, 0.1) is 6.92 Å². The van der Waals surface area contributed by atoms with E-state index in [0.717, 1.165) is 16.8 Å². The van der Waals surface area contributed by atoms with Crippen molar-refractivity contribution in [2.24, 2.45) is 0 Å². The van der Waals surface area contributed by atoms with Crippen LogP contribution in [-0.2, 0) is 15.5 Å². The van der Waals surface area contributed by atoms with Crippen molar-refractivity contribution in [2.45, 2.75) is 33.1 Å². The Labute approximate surface area is 108 Å². The Morgan fingerprint density at radius 3 is 2.44 bits per heavy atom. The highest BCUT2D eigenvalue weighted by molar-refractivity contribution is 8.01. The molecule has 0 spiro atoms. The maximum atomic E-state index is 11.7. The topological polar surface area (TPSA) is 57.4 Å². The Bertz CT molecular complexity index is 642. The molecule has 0 atom stereocenters. The van der Waals surface area contributed by atoms with Crippen LogP contribution in [0.1, 0.15) is 31.9 Å². The van der Waals surface area contributed by atoms with Gasteiger partial charge in [0.15, 0.2) is 0 Å². The van der Waals surface area contributed by atoms with Gasteiger partial charge in [-0.2, -0.15) is 13.0 Å². The number of hydrogen-bond donors (Lipinski definition) is 1. The fourth-order valence-electron chi connectivity index (χ4n) is 3.02. The first-order chi connectivity index (χ1) is 8.21. The zero-order valence-corrected chi connectivity index (χ0v) is 11.9. The quantitative estimate of drug-likeness (QED) is 0.627. The summed E-state index contributed by atoms with van der Waals surface area (Å²) in [6.07, 6.45) is 0. The summed E-state index contributed by atoms with van der Waals surface area (Å²) in [5.74, 6) is 0. The fourth-order valence-corrected chi connectivity index (χ4v) is 4.27. The summed E-state index contributed by atoms with van der Waals surface area (Å²) in [7, 11) is -4.21. The third-order valence-electron chi connectivity index (χ3n) is 3.51. The number of fused-ring (bicyclic) bond motifs is 1. The summed E-state index contributed by atoms with van der Waals surface area (Å²) >= 11 is 0. The molecule has 0 aromatic heterocycles. The maximum absolute atomic E-state index is 11.7. The van der Waals surface area contributed by atoms with E-state index in [1.54, 1.807) is 4.58 Å². The highest BCUT2D eigenvalue weighted by Gasteiger charge is 2.52. The SMILES string of the molecule is CC[N+]1=C(S(=O)(=O)O)C(C)(C)c2c(C)cccc21. The molecule has 1 N–H and O–H groups in total. The highest BCUT2D eigenvalue weighted by atomic mass is 32.2. The zero-order valence-electron chi connectivity index (χ0n) is 11.1. The summed E-state index contributed by atoms with van der Waals surface area (Å²) in [6, 6.07) is 5.76. The van der Waals surface area contributed by atoms with E-state index < -0.39 is 15.5 Å². The van der Waals surface area contributed by atoms with Gasteiger partial charge in [0.1, 0.15) is 6.54 Å². The molecule has 1 aliphatic heterocycles.